The van der Waals surface area contributed by atoms with Crippen LogP contribution in [0.1, 0.15) is 33.2 Å². The number of ether oxygens (including phenoxy) is 3. The highest BCUT2D eigenvalue weighted by Crippen LogP contribution is 2.52. The van der Waals surface area contributed by atoms with Gasteiger partial charge in [-0.2, -0.15) is 0 Å². The van der Waals surface area contributed by atoms with Crippen molar-refractivity contribution in [2.75, 3.05) is 44.8 Å². The molecule has 5 N–H and O–H groups in total. The van der Waals surface area contributed by atoms with Gasteiger partial charge >= 0.3 is 5.97 Å². The van der Waals surface area contributed by atoms with E-state index in [9.17, 15) is 30.3 Å². The Kier molecular flexibility index (Phi) is 7.33. The predicted octanol–water partition coefficient (Wildman–Crippen LogP) is 1.08. The number of carbonyl (C=O) groups excluding carboxylic acids is 1. The van der Waals surface area contributed by atoms with Crippen LogP contribution in [-0.4, -0.2) is 101 Å². The summed E-state index contributed by atoms with van der Waals surface area (Å²) >= 11 is 6.20. The molecule has 2 unspecified atom stereocenters. The summed E-state index contributed by atoms with van der Waals surface area (Å²) < 4.78 is 16.5. The van der Waals surface area contributed by atoms with Crippen LogP contribution in [0.15, 0.2) is 18.2 Å². The van der Waals surface area contributed by atoms with Crippen molar-refractivity contribution in [3.05, 3.63) is 45.5 Å². The highest BCUT2D eigenvalue weighted by molar-refractivity contribution is 6.30. The number of nitrogens with zero attached hydrogens (tertiary/aromatic N) is 2. The van der Waals surface area contributed by atoms with Crippen LogP contribution in [0.5, 0.6) is 17.2 Å². The highest BCUT2D eigenvalue weighted by Gasteiger charge is 2.53. The van der Waals surface area contributed by atoms with Crippen LogP contribution in [0, 0.1) is 6.92 Å². The number of aryl methyl sites for hydroxylation is 1. The van der Waals surface area contributed by atoms with Gasteiger partial charge in [0, 0.05) is 54.6 Å². The Balaban J connectivity index is 1.47. The van der Waals surface area contributed by atoms with Gasteiger partial charge in [-0.3, -0.25) is 4.90 Å². The Morgan fingerprint density at radius 2 is 1.82 bits per heavy atom. The number of hydrogen-bond acceptors (Lipinski definition) is 11. The molecule has 0 bridgehead atoms. The van der Waals surface area contributed by atoms with E-state index in [0.29, 0.717) is 31.2 Å². The van der Waals surface area contributed by atoms with Crippen LogP contribution >= 0.6 is 11.6 Å². The normalized spacial score (nSPS) is 27.5. The van der Waals surface area contributed by atoms with Crippen LogP contribution in [0.25, 0.3) is 0 Å². The smallest absolute Gasteiger partial charge is 0.339 e. The lowest BCUT2D eigenvalue weighted by molar-refractivity contribution is -0.235. The Morgan fingerprint density at radius 1 is 1.11 bits per heavy atom. The van der Waals surface area contributed by atoms with Gasteiger partial charge < -0.3 is 44.6 Å². The third kappa shape index (κ3) is 4.42. The summed E-state index contributed by atoms with van der Waals surface area (Å²) in [6.07, 6.45) is -6.77. The van der Waals surface area contributed by atoms with Crippen LogP contribution in [-0.2, 0) is 16.0 Å². The number of methoxy groups -OCH3 is 1. The first-order valence-electron chi connectivity index (χ1n) is 12.4. The molecule has 0 radical (unpaired) electrons. The lowest BCUT2D eigenvalue weighted by Crippen LogP contribution is -2.58. The molecule has 206 valence electrons. The summed E-state index contributed by atoms with van der Waals surface area (Å²) in [5, 5.41) is 53.2. The number of aromatic hydroxyl groups is 2. The van der Waals surface area contributed by atoms with Gasteiger partial charge in [-0.15, -0.1) is 0 Å². The summed E-state index contributed by atoms with van der Waals surface area (Å²) in [5.74, 6) is -2.06. The van der Waals surface area contributed by atoms with Crippen molar-refractivity contribution < 1.29 is 44.5 Å². The van der Waals surface area contributed by atoms with Crippen molar-refractivity contribution in [2.45, 2.75) is 44.0 Å². The molecule has 3 heterocycles. The monoisotopic (exact) mass is 550 g/mol. The number of carbonyl (C=O) groups is 1. The van der Waals surface area contributed by atoms with E-state index in [4.69, 9.17) is 25.8 Å². The second-order valence-electron chi connectivity index (χ2n) is 9.82. The van der Waals surface area contributed by atoms with Gasteiger partial charge in [-0.1, -0.05) is 17.7 Å². The third-order valence-electron chi connectivity index (χ3n) is 7.61. The Labute approximate surface area is 224 Å². The molecule has 0 aromatic heterocycles. The lowest BCUT2D eigenvalue weighted by Gasteiger charge is -2.45. The van der Waals surface area contributed by atoms with Gasteiger partial charge in [0.1, 0.15) is 24.4 Å². The van der Waals surface area contributed by atoms with E-state index in [-0.39, 0.29) is 29.0 Å². The van der Waals surface area contributed by atoms with Crippen LogP contribution < -0.4 is 9.64 Å². The summed E-state index contributed by atoms with van der Waals surface area (Å²) in [4.78, 5) is 17.5. The van der Waals surface area contributed by atoms with E-state index in [1.165, 1.54) is 7.11 Å². The summed E-state index contributed by atoms with van der Waals surface area (Å²) in [6, 6.07) is 5.75. The zero-order chi connectivity index (χ0) is 27.3. The highest BCUT2D eigenvalue weighted by atomic mass is 35.5. The number of aliphatic hydroxyl groups excluding tert-OH is 3. The number of benzene rings is 2. The predicted molar refractivity (Wildman–Crippen MR) is 136 cm³/mol. The molecule has 3 aliphatic rings. The number of phenols is 2. The number of aliphatic hydroxyl groups is 3. The molecule has 38 heavy (non-hydrogen) atoms. The number of fused-ring (bicyclic) bond motifs is 3. The maximum atomic E-state index is 13.2. The summed E-state index contributed by atoms with van der Waals surface area (Å²) in [5.41, 5.74) is 2.24. The molecular formula is C26H31ClN2O9. The first kappa shape index (κ1) is 26.8. The van der Waals surface area contributed by atoms with Crippen molar-refractivity contribution in [3.63, 3.8) is 0 Å². The zero-order valence-corrected chi connectivity index (χ0v) is 21.8. The lowest BCUT2D eigenvalue weighted by atomic mass is 9.84. The third-order valence-corrected chi connectivity index (χ3v) is 7.85. The Hall–Kier alpha value is -2.80. The van der Waals surface area contributed by atoms with E-state index >= 15 is 0 Å². The molecule has 2 aromatic carbocycles. The van der Waals surface area contributed by atoms with Gasteiger partial charge in [0.05, 0.1) is 19.3 Å². The molecule has 2 saturated heterocycles. The minimum absolute atomic E-state index is 0.0199. The molecule has 5 rings (SSSR count). The molecule has 2 fully saturated rings. The largest absolute Gasteiger partial charge is 0.504 e. The first-order chi connectivity index (χ1) is 18.2. The molecule has 0 amide bonds. The van der Waals surface area contributed by atoms with Crippen molar-refractivity contribution in [3.8, 4) is 17.2 Å². The van der Waals surface area contributed by atoms with Crippen LogP contribution in [0.4, 0.5) is 5.69 Å². The van der Waals surface area contributed by atoms with Crippen molar-refractivity contribution in [2.24, 2.45) is 0 Å². The Bertz CT molecular complexity index is 1230. The number of piperazine rings is 1. The van der Waals surface area contributed by atoms with Gasteiger partial charge in [-0.25, -0.2) is 4.79 Å². The number of hydrogen-bond donors (Lipinski definition) is 5. The van der Waals surface area contributed by atoms with Gasteiger partial charge in [0.15, 0.2) is 17.6 Å². The van der Waals surface area contributed by atoms with Gasteiger partial charge in [0.2, 0.25) is 5.75 Å². The zero-order valence-electron chi connectivity index (χ0n) is 21.0. The number of anilines is 1. The number of phenolic OH excluding ortho intramolecular Hbond substituents is 2. The maximum absolute atomic E-state index is 13.2. The topological polar surface area (TPSA) is 152 Å². The van der Waals surface area contributed by atoms with Crippen molar-refractivity contribution in [1.82, 2.24) is 4.90 Å². The molecule has 0 spiro atoms. The SMILES string of the molecule is COc1c(O)c(CN2CCN(c3cc(Cl)ccc3C)CC2)c2c(c1O)C1O[C@H](CO)[C@@H](O)[C@H](O)C1OC2=O. The minimum Gasteiger partial charge on any atom is -0.504 e. The van der Waals surface area contributed by atoms with Crippen LogP contribution in [0.3, 0.4) is 0 Å². The second-order valence-corrected chi connectivity index (χ2v) is 10.3. The fourth-order valence-corrected chi connectivity index (χ4v) is 5.73. The van der Waals surface area contributed by atoms with E-state index < -0.39 is 54.6 Å². The fourth-order valence-electron chi connectivity index (χ4n) is 5.56. The first-order valence-corrected chi connectivity index (χ1v) is 12.8. The molecule has 3 aliphatic heterocycles. The average Bonchev–Trinajstić information content (AvgIpc) is 2.90. The van der Waals surface area contributed by atoms with Crippen LogP contribution in [0.2, 0.25) is 5.02 Å². The molecule has 12 heteroatoms. The fraction of sp³-hybridized carbons (Fsp3) is 0.500. The number of halogens is 1. The standard InChI is InChI=1S/C26H31ClN2O9/c1-12-3-4-13(27)9-15(12)29-7-5-28(6-8-29)10-14-17-18(21(33)24(36-2)19(14)31)23-25(38-26(17)35)22(34)20(32)16(11-30)37-23/h3-4,9,16,20,22-23,25,30-34H,5-8,10-11H2,1-2H3/t16-,20-,22+,23?,25?/m1/s1. The molecule has 5 atom stereocenters. The molecule has 11 nitrogen and oxygen atoms in total. The van der Waals surface area contributed by atoms with E-state index in [1.807, 2.05) is 25.1 Å². The molecule has 2 aromatic rings. The average molecular weight is 551 g/mol. The van der Waals surface area contributed by atoms with E-state index in [2.05, 4.69) is 9.80 Å². The summed E-state index contributed by atoms with van der Waals surface area (Å²) in [7, 11) is 1.27. The maximum Gasteiger partial charge on any atom is 0.339 e. The summed E-state index contributed by atoms with van der Waals surface area (Å²) in [6.45, 7) is 4.14. The second kappa shape index (κ2) is 10.4. The molecule has 0 saturated carbocycles. The van der Waals surface area contributed by atoms with Gasteiger partial charge in [0.25, 0.3) is 0 Å². The van der Waals surface area contributed by atoms with Gasteiger partial charge in [-0.05, 0) is 24.6 Å². The number of esters is 1. The number of rotatable bonds is 5. The van der Waals surface area contributed by atoms with E-state index in [1.54, 1.807) is 0 Å². The van der Waals surface area contributed by atoms with E-state index in [0.717, 1.165) is 11.3 Å². The Morgan fingerprint density at radius 3 is 2.47 bits per heavy atom. The quantitative estimate of drug-likeness (QED) is 0.340. The molecule has 0 aliphatic carbocycles. The van der Waals surface area contributed by atoms with Crippen molar-refractivity contribution in [1.29, 1.82) is 0 Å². The van der Waals surface area contributed by atoms with Crippen molar-refractivity contribution >= 4 is 23.3 Å². The molecular weight excluding hydrogens is 520 g/mol. The minimum atomic E-state index is -1.56.